The Morgan fingerprint density at radius 1 is 1.35 bits per heavy atom. The number of hydrazone groups is 1. The number of aliphatic hydroxyl groups is 1. The lowest BCUT2D eigenvalue weighted by Gasteiger charge is -2.07. The first kappa shape index (κ1) is 11.4. The minimum absolute atomic E-state index is 0.0128. The van der Waals surface area contributed by atoms with E-state index in [1.807, 2.05) is 6.92 Å². The van der Waals surface area contributed by atoms with Gasteiger partial charge in [0.2, 0.25) is 0 Å². The predicted molar refractivity (Wildman–Crippen MR) is 67.1 cm³/mol. The molecule has 0 saturated heterocycles. The molecular weight excluding hydrogens is 216 g/mol. The number of allylic oxidation sites excluding steroid dienone is 1. The van der Waals surface area contributed by atoms with E-state index >= 15 is 0 Å². The molecule has 4 nitrogen and oxygen atoms in total. The summed E-state index contributed by atoms with van der Waals surface area (Å²) in [6.07, 6.45) is 1.42. The van der Waals surface area contributed by atoms with Gasteiger partial charge in [-0.1, -0.05) is 24.3 Å². The number of ketones is 1. The molecule has 1 aliphatic carbocycles. The van der Waals surface area contributed by atoms with E-state index in [0.29, 0.717) is 11.1 Å². The van der Waals surface area contributed by atoms with Crippen molar-refractivity contribution in [3.8, 4) is 0 Å². The van der Waals surface area contributed by atoms with Crippen LogP contribution in [0, 0.1) is 0 Å². The Balaban J connectivity index is 2.36. The molecule has 2 rings (SSSR count). The molecule has 0 aliphatic heterocycles. The molecule has 4 heteroatoms. The Morgan fingerprint density at radius 3 is 2.59 bits per heavy atom. The highest BCUT2D eigenvalue weighted by atomic mass is 16.3. The van der Waals surface area contributed by atoms with Crippen molar-refractivity contribution in [3.63, 3.8) is 0 Å². The second kappa shape index (κ2) is 4.41. The quantitative estimate of drug-likeness (QED) is 0.639. The molecule has 0 bridgehead atoms. The molecule has 17 heavy (non-hydrogen) atoms. The largest absolute Gasteiger partial charge is 0.506 e. The van der Waals surface area contributed by atoms with Crippen LogP contribution in [-0.2, 0) is 0 Å². The van der Waals surface area contributed by atoms with Crippen molar-refractivity contribution in [2.45, 2.75) is 6.92 Å². The van der Waals surface area contributed by atoms with Gasteiger partial charge in [0, 0.05) is 24.7 Å². The average Bonchev–Trinajstić information content (AvgIpc) is 2.60. The third-order valence-corrected chi connectivity index (χ3v) is 2.77. The summed E-state index contributed by atoms with van der Waals surface area (Å²) in [6.45, 7) is 2.70. The van der Waals surface area contributed by atoms with Crippen molar-refractivity contribution in [1.29, 1.82) is 0 Å². The maximum absolute atomic E-state index is 12.0. The van der Waals surface area contributed by atoms with Crippen molar-refractivity contribution >= 4 is 17.8 Å². The maximum atomic E-state index is 12.0. The van der Waals surface area contributed by atoms with Crippen LogP contribution in [0.1, 0.15) is 22.8 Å². The van der Waals surface area contributed by atoms with Crippen LogP contribution < -0.4 is 0 Å². The Bertz CT molecular complexity index is 518. The third-order valence-electron chi connectivity index (χ3n) is 2.77. The molecule has 88 valence electrons. The Hall–Kier alpha value is -2.10. The van der Waals surface area contributed by atoms with Crippen molar-refractivity contribution in [3.05, 3.63) is 41.0 Å². The van der Waals surface area contributed by atoms with Gasteiger partial charge in [-0.25, -0.2) is 0 Å². The molecule has 0 aromatic heterocycles. The zero-order valence-electron chi connectivity index (χ0n) is 9.84. The van der Waals surface area contributed by atoms with Crippen LogP contribution >= 0.6 is 0 Å². The minimum Gasteiger partial charge on any atom is -0.506 e. The fraction of sp³-hybridized carbons (Fsp3) is 0.231. The highest BCUT2D eigenvalue weighted by Gasteiger charge is 2.27. The topological polar surface area (TPSA) is 52.9 Å². The van der Waals surface area contributed by atoms with Crippen molar-refractivity contribution in [2.24, 2.45) is 5.10 Å². The maximum Gasteiger partial charge on any atom is 0.199 e. The summed E-state index contributed by atoms with van der Waals surface area (Å²) in [6, 6.07) is 7.01. The van der Waals surface area contributed by atoms with Gasteiger partial charge in [0.25, 0.3) is 0 Å². The molecule has 0 heterocycles. The number of fused-ring (bicyclic) bond motifs is 1. The van der Waals surface area contributed by atoms with E-state index in [1.165, 1.54) is 6.21 Å². The van der Waals surface area contributed by atoms with Crippen LogP contribution in [0.2, 0.25) is 0 Å². The standard InChI is InChI=1S/C13H14N2O2/c1-3-15(2)14-8-11-12(16)9-6-4-5-7-10(9)13(11)17/h4-8,16H,3H2,1-2H3/b14-8+. The third kappa shape index (κ3) is 1.93. The SMILES string of the molecule is CCN(C)/N=C/C1=C(O)c2ccccc2C1=O. The molecule has 0 unspecified atom stereocenters. The molecule has 0 spiro atoms. The fourth-order valence-corrected chi connectivity index (χ4v) is 1.64. The van der Waals surface area contributed by atoms with Gasteiger partial charge >= 0.3 is 0 Å². The number of nitrogens with zero attached hydrogens (tertiary/aromatic N) is 2. The Kier molecular flexibility index (Phi) is 2.95. The van der Waals surface area contributed by atoms with Crippen molar-refractivity contribution in [1.82, 2.24) is 5.01 Å². The van der Waals surface area contributed by atoms with Crippen molar-refractivity contribution in [2.75, 3.05) is 13.6 Å². The number of Topliss-reactive ketones (excluding diaryl/α,β-unsaturated/α-hetero) is 1. The second-order valence-corrected chi connectivity index (χ2v) is 3.86. The van der Waals surface area contributed by atoms with Gasteiger partial charge in [-0.15, -0.1) is 0 Å². The molecule has 0 radical (unpaired) electrons. The van der Waals surface area contributed by atoms with Gasteiger partial charge in [-0.3, -0.25) is 4.79 Å². The number of aliphatic hydroxyl groups excluding tert-OH is 1. The summed E-state index contributed by atoms with van der Waals surface area (Å²) in [5.41, 5.74) is 1.37. The molecule has 1 aliphatic rings. The van der Waals surface area contributed by atoms with Gasteiger partial charge in [0.15, 0.2) is 5.78 Å². The van der Waals surface area contributed by atoms with Gasteiger partial charge in [0.05, 0.1) is 11.8 Å². The second-order valence-electron chi connectivity index (χ2n) is 3.86. The minimum atomic E-state index is -0.175. The first-order valence-electron chi connectivity index (χ1n) is 5.47. The van der Waals surface area contributed by atoms with E-state index in [9.17, 15) is 9.90 Å². The zero-order valence-corrected chi connectivity index (χ0v) is 9.84. The summed E-state index contributed by atoms with van der Waals surface area (Å²) in [5, 5.41) is 15.7. The summed E-state index contributed by atoms with van der Waals surface area (Å²) in [5.74, 6) is -0.162. The lowest BCUT2D eigenvalue weighted by molar-refractivity contribution is 0.104. The lowest BCUT2D eigenvalue weighted by atomic mass is 10.1. The predicted octanol–water partition coefficient (Wildman–Crippen LogP) is 2.09. The van der Waals surface area contributed by atoms with E-state index in [4.69, 9.17) is 0 Å². The summed E-state index contributed by atoms with van der Waals surface area (Å²) in [7, 11) is 1.81. The van der Waals surface area contributed by atoms with E-state index in [1.54, 1.807) is 36.3 Å². The van der Waals surface area contributed by atoms with Crippen LogP contribution in [0.25, 0.3) is 5.76 Å². The van der Waals surface area contributed by atoms with E-state index in [0.717, 1.165) is 6.54 Å². The number of rotatable bonds is 3. The first-order chi connectivity index (χ1) is 8.15. The number of hydrogen-bond acceptors (Lipinski definition) is 4. The zero-order chi connectivity index (χ0) is 12.4. The molecular formula is C13H14N2O2. The lowest BCUT2D eigenvalue weighted by Crippen LogP contribution is -2.11. The Morgan fingerprint density at radius 2 is 2.00 bits per heavy atom. The Labute approximate surface area is 99.9 Å². The van der Waals surface area contributed by atoms with Crippen molar-refractivity contribution < 1.29 is 9.90 Å². The number of hydrogen-bond donors (Lipinski definition) is 1. The van der Waals surface area contributed by atoms with E-state index < -0.39 is 0 Å². The molecule has 0 amide bonds. The van der Waals surface area contributed by atoms with Gasteiger partial charge < -0.3 is 10.1 Å². The molecule has 1 aromatic rings. The summed E-state index contributed by atoms with van der Waals surface area (Å²) >= 11 is 0. The van der Waals surface area contributed by atoms with Gasteiger partial charge in [-0.2, -0.15) is 5.10 Å². The first-order valence-corrected chi connectivity index (χ1v) is 5.47. The summed E-state index contributed by atoms with van der Waals surface area (Å²) in [4.78, 5) is 12.0. The van der Waals surface area contributed by atoms with Crippen LogP contribution in [0.3, 0.4) is 0 Å². The molecule has 0 fully saturated rings. The van der Waals surface area contributed by atoms with E-state index in [-0.39, 0.29) is 17.1 Å². The van der Waals surface area contributed by atoms with Gasteiger partial charge in [0.1, 0.15) is 5.76 Å². The van der Waals surface area contributed by atoms with Crippen LogP contribution in [0.4, 0.5) is 0 Å². The number of carbonyl (C=O) groups is 1. The van der Waals surface area contributed by atoms with Crippen LogP contribution in [0.5, 0.6) is 0 Å². The monoisotopic (exact) mass is 230 g/mol. The average molecular weight is 230 g/mol. The molecule has 1 aromatic carbocycles. The normalized spacial score (nSPS) is 14.6. The highest BCUT2D eigenvalue weighted by Crippen LogP contribution is 2.29. The van der Waals surface area contributed by atoms with Crippen LogP contribution in [0.15, 0.2) is 34.9 Å². The number of carbonyl (C=O) groups excluding carboxylic acids is 1. The molecule has 0 saturated carbocycles. The van der Waals surface area contributed by atoms with Crippen LogP contribution in [-0.4, -0.2) is 35.7 Å². The van der Waals surface area contributed by atoms with E-state index in [2.05, 4.69) is 5.10 Å². The molecule has 1 N–H and O–H groups in total. The highest BCUT2D eigenvalue weighted by molar-refractivity contribution is 6.30. The smallest absolute Gasteiger partial charge is 0.199 e. The summed E-state index contributed by atoms with van der Waals surface area (Å²) < 4.78 is 0. The van der Waals surface area contributed by atoms with Gasteiger partial charge in [-0.05, 0) is 6.92 Å². The number of benzene rings is 1. The molecule has 0 atom stereocenters. The fourth-order valence-electron chi connectivity index (χ4n) is 1.64.